The van der Waals surface area contributed by atoms with Crippen LogP contribution in [-0.4, -0.2) is 10.7 Å². The average Bonchev–Trinajstić information content (AvgIpc) is 2.92. The van der Waals surface area contributed by atoms with Crippen molar-refractivity contribution in [3.05, 3.63) is 72.7 Å². The predicted molar refractivity (Wildman–Crippen MR) is 86.7 cm³/mol. The standard InChI is InChI=1S/C19H10N2/c1-3-7-16-12(5-1)11-13-9-10-15-14-6-2-4-8-17(14)21-19(15)18(13)20-16/h1-7,9-11H. The minimum absolute atomic E-state index is 0.912. The van der Waals surface area contributed by atoms with Crippen LogP contribution < -0.4 is 0 Å². The van der Waals surface area contributed by atoms with Crippen LogP contribution in [0.2, 0.25) is 0 Å². The van der Waals surface area contributed by atoms with Gasteiger partial charge in [-0.2, -0.15) is 0 Å². The number of aliphatic imine (C=N–C) groups is 1. The van der Waals surface area contributed by atoms with Gasteiger partial charge in [0.25, 0.3) is 0 Å². The Morgan fingerprint density at radius 1 is 0.952 bits per heavy atom. The summed E-state index contributed by atoms with van der Waals surface area (Å²) in [5.74, 6) is 0. The summed E-state index contributed by atoms with van der Waals surface area (Å²) in [6.45, 7) is 0. The highest BCUT2D eigenvalue weighted by atomic mass is 14.8. The van der Waals surface area contributed by atoms with Crippen LogP contribution in [0.25, 0.3) is 27.4 Å². The molecule has 0 N–H and O–H groups in total. The van der Waals surface area contributed by atoms with Crippen LogP contribution in [0.1, 0.15) is 5.56 Å². The Hall–Kier alpha value is -2.74. The summed E-state index contributed by atoms with van der Waals surface area (Å²) >= 11 is 0. The van der Waals surface area contributed by atoms with Crippen molar-refractivity contribution in [1.29, 1.82) is 0 Å². The molecule has 0 spiro atoms. The molecule has 96 valence electrons. The van der Waals surface area contributed by atoms with Gasteiger partial charge in [-0.25, -0.2) is 9.98 Å². The third-order valence-corrected chi connectivity index (χ3v) is 4.01. The van der Waals surface area contributed by atoms with Crippen molar-refractivity contribution in [3.8, 4) is 0 Å². The number of pyridine rings is 1. The average molecular weight is 266 g/mol. The Bertz CT molecular complexity index is 1010. The van der Waals surface area contributed by atoms with E-state index < -0.39 is 0 Å². The van der Waals surface area contributed by atoms with Gasteiger partial charge in [0.2, 0.25) is 0 Å². The predicted octanol–water partition coefficient (Wildman–Crippen LogP) is 4.51. The third-order valence-electron chi connectivity index (χ3n) is 4.01. The Labute approximate surface area is 122 Å². The smallest absolute Gasteiger partial charge is 0.0975 e. The van der Waals surface area contributed by atoms with E-state index in [2.05, 4.69) is 36.8 Å². The number of allylic oxidation sites excluding steroid dienone is 4. The largest absolute Gasteiger partial charge is 0.249 e. The molecule has 1 aliphatic heterocycles. The number of aromatic nitrogens is 1. The number of hydrogen-bond acceptors (Lipinski definition) is 2. The lowest BCUT2D eigenvalue weighted by Gasteiger charge is -2.07. The molecule has 1 aliphatic carbocycles. The maximum atomic E-state index is 4.82. The van der Waals surface area contributed by atoms with Crippen LogP contribution in [0.4, 0.5) is 5.69 Å². The van der Waals surface area contributed by atoms with Crippen molar-refractivity contribution in [2.75, 3.05) is 0 Å². The fourth-order valence-electron chi connectivity index (χ4n) is 3.01. The summed E-state index contributed by atoms with van der Waals surface area (Å²) in [6, 6.07) is 14.6. The normalized spacial score (nSPS) is 15.8. The second-order valence-electron chi connectivity index (χ2n) is 5.26. The molecule has 2 aliphatic rings. The molecule has 2 heterocycles. The van der Waals surface area contributed by atoms with Gasteiger partial charge < -0.3 is 0 Å². The molecule has 2 nitrogen and oxygen atoms in total. The van der Waals surface area contributed by atoms with E-state index in [9.17, 15) is 0 Å². The van der Waals surface area contributed by atoms with Crippen LogP contribution in [0.15, 0.2) is 65.7 Å². The van der Waals surface area contributed by atoms with Gasteiger partial charge in [-0.3, -0.25) is 0 Å². The fourth-order valence-corrected chi connectivity index (χ4v) is 3.01. The van der Waals surface area contributed by atoms with Crippen LogP contribution in [0.3, 0.4) is 0 Å². The second kappa shape index (κ2) is 3.89. The number of fused-ring (bicyclic) bond motifs is 6. The van der Waals surface area contributed by atoms with E-state index in [1.165, 1.54) is 0 Å². The second-order valence-corrected chi connectivity index (χ2v) is 5.26. The Kier molecular flexibility index (Phi) is 2.03. The Balaban J connectivity index is 1.90. The minimum Gasteiger partial charge on any atom is -0.249 e. The van der Waals surface area contributed by atoms with Crippen LogP contribution in [-0.2, 0) is 0 Å². The number of para-hydroxylation sites is 1. The number of hydrogen-bond donors (Lipinski definition) is 0. The summed E-state index contributed by atoms with van der Waals surface area (Å²) in [7, 11) is 0. The molecule has 3 aromatic rings. The summed E-state index contributed by atoms with van der Waals surface area (Å²) in [4.78, 5) is 9.56. The van der Waals surface area contributed by atoms with E-state index >= 15 is 0 Å². The van der Waals surface area contributed by atoms with E-state index in [1.807, 2.05) is 30.4 Å². The highest BCUT2D eigenvalue weighted by molar-refractivity contribution is 6.35. The maximum absolute atomic E-state index is 4.82. The Morgan fingerprint density at radius 3 is 2.90 bits per heavy atom. The maximum Gasteiger partial charge on any atom is 0.0975 e. The van der Waals surface area contributed by atoms with Crippen molar-refractivity contribution in [1.82, 2.24) is 4.98 Å². The number of nitrogens with zero attached hydrogens (tertiary/aromatic N) is 2. The highest BCUT2D eigenvalue weighted by Gasteiger charge is 2.23. The van der Waals surface area contributed by atoms with E-state index in [0.29, 0.717) is 0 Å². The van der Waals surface area contributed by atoms with Crippen molar-refractivity contribution in [3.63, 3.8) is 0 Å². The summed E-state index contributed by atoms with van der Waals surface area (Å²) in [5, 5.41) is 2.29. The molecule has 0 saturated carbocycles. The van der Waals surface area contributed by atoms with Gasteiger partial charge in [-0.15, -0.1) is 0 Å². The van der Waals surface area contributed by atoms with Gasteiger partial charge in [0.05, 0.1) is 28.9 Å². The van der Waals surface area contributed by atoms with E-state index in [0.717, 1.165) is 44.3 Å². The summed E-state index contributed by atoms with van der Waals surface area (Å²) in [5.41, 5.74) is 6.15. The van der Waals surface area contributed by atoms with Gasteiger partial charge in [-0.1, -0.05) is 48.6 Å². The summed E-state index contributed by atoms with van der Waals surface area (Å²) < 4.78 is 0. The Morgan fingerprint density at radius 2 is 1.90 bits per heavy atom. The first-order valence-corrected chi connectivity index (χ1v) is 6.95. The minimum atomic E-state index is 0.912. The molecule has 0 atom stereocenters. The molecule has 2 radical (unpaired) electrons. The van der Waals surface area contributed by atoms with Gasteiger partial charge >= 0.3 is 0 Å². The van der Waals surface area contributed by atoms with Gasteiger partial charge in [-0.05, 0) is 12.1 Å². The van der Waals surface area contributed by atoms with E-state index in [4.69, 9.17) is 9.98 Å². The topological polar surface area (TPSA) is 25.2 Å². The number of rotatable bonds is 0. The van der Waals surface area contributed by atoms with Crippen molar-refractivity contribution < 1.29 is 0 Å². The molecule has 0 unspecified atom stereocenters. The molecule has 0 amide bonds. The first-order chi connectivity index (χ1) is 10.4. The van der Waals surface area contributed by atoms with Gasteiger partial charge in [0, 0.05) is 21.9 Å². The lowest BCUT2D eigenvalue weighted by Crippen LogP contribution is -1.98. The van der Waals surface area contributed by atoms with Crippen LogP contribution in [0, 0.1) is 6.42 Å². The third kappa shape index (κ3) is 1.47. The molecular formula is C19H10N2. The van der Waals surface area contributed by atoms with Crippen molar-refractivity contribution >= 4 is 38.8 Å². The first kappa shape index (κ1) is 11.0. The SMILES string of the molecule is [C]1C=CC=C2C1=Nc1c2ccc2cc3ccccc3nc12. The zero-order valence-corrected chi connectivity index (χ0v) is 11.2. The van der Waals surface area contributed by atoms with Crippen LogP contribution >= 0.6 is 0 Å². The zero-order valence-electron chi connectivity index (χ0n) is 11.2. The van der Waals surface area contributed by atoms with Crippen LogP contribution in [0.5, 0.6) is 0 Å². The van der Waals surface area contributed by atoms with Gasteiger partial charge in [0.1, 0.15) is 0 Å². The number of benzene rings is 2. The monoisotopic (exact) mass is 266 g/mol. The fraction of sp³-hybridized carbons (Fsp3) is 0. The van der Waals surface area contributed by atoms with E-state index in [-0.39, 0.29) is 0 Å². The lowest BCUT2D eigenvalue weighted by atomic mass is 9.96. The summed E-state index contributed by atoms with van der Waals surface area (Å²) in [6.07, 6.45) is 9.20. The quantitative estimate of drug-likeness (QED) is 0.550. The lowest BCUT2D eigenvalue weighted by molar-refractivity contribution is 1.46. The molecule has 2 aromatic carbocycles. The molecule has 5 rings (SSSR count). The molecule has 1 aromatic heterocycles. The molecule has 0 bridgehead atoms. The van der Waals surface area contributed by atoms with E-state index in [1.54, 1.807) is 0 Å². The van der Waals surface area contributed by atoms with Crippen molar-refractivity contribution in [2.24, 2.45) is 4.99 Å². The molecule has 0 saturated heterocycles. The molecule has 21 heavy (non-hydrogen) atoms. The first-order valence-electron chi connectivity index (χ1n) is 6.95. The molecule has 0 fully saturated rings. The van der Waals surface area contributed by atoms with Crippen molar-refractivity contribution in [2.45, 2.75) is 0 Å². The van der Waals surface area contributed by atoms with Gasteiger partial charge in [0.15, 0.2) is 0 Å². The molecule has 2 heteroatoms. The zero-order chi connectivity index (χ0) is 13.8. The highest BCUT2D eigenvalue weighted by Crippen LogP contribution is 2.41. The molecular weight excluding hydrogens is 256 g/mol.